The predicted molar refractivity (Wildman–Crippen MR) is 73.5 cm³/mol. The topological polar surface area (TPSA) is 50.4 Å². The molecule has 0 bridgehead atoms. The van der Waals surface area contributed by atoms with E-state index < -0.39 is 0 Å². The summed E-state index contributed by atoms with van der Waals surface area (Å²) in [5, 5.41) is 6.41. The van der Waals surface area contributed by atoms with Gasteiger partial charge in [0.2, 0.25) is 5.91 Å². The van der Waals surface area contributed by atoms with E-state index in [4.69, 9.17) is 4.74 Å². The van der Waals surface area contributed by atoms with Crippen LogP contribution in [0.4, 0.5) is 0 Å². The summed E-state index contributed by atoms with van der Waals surface area (Å²) < 4.78 is 5.41. The van der Waals surface area contributed by atoms with E-state index in [-0.39, 0.29) is 17.9 Å². The average Bonchev–Trinajstić information content (AvgIpc) is 2.79. The van der Waals surface area contributed by atoms with Gasteiger partial charge in [0.25, 0.3) is 0 Å². The SMILES string of the molecule is CCCNC1COCC1C(=O)NCCCC(C)C. The van der Waals surface area contributed by atoms with Gasteiger partial charge in [-0.25, -0.2) is 0 Å². The van der Waals surface area contributed by atoms with Gasteiger partial charge in [-0.1, -0.05) is 20.8 Å². The second-order valence-electron chi connectivity index (χ2n) is 5.53. The Bertz CT molecular complexity index is 244. The van der Waals surface area contributed by atoms with Gasteiger partial charge < -0.3 is 15.4 Å². The summed E-state index contributed by atoms with van der Waals surface area (Å²) in [4.78, 5) is 12.0. The van der Waals surface area contributed by atoms with Gasteiger partial charge in [0.1, 0.15) is 0 Å². The van der Waals surface area contributed by atoms with E-state index in [2.05, 4.69) is 31.4 Å². The van der Waals surface area contributed by atoms with Crippen LogP contribution in [0.25, 0.3) is 0 Å². The molecule has 2 N–H and O–H groups in total. The molecule has 1 rings (SSSR count). The van der Waals surface area contributed by atoms with Gasteiger partial charge in [-0.15, -0.1) is 0 Å². The fourth-order valence-electron chi connectivity index (χ4n) is 2.20. The van der Waals surface area contributed by atoms with Crippen molar-refractivity contribution >= 4 is 5.91 Å². The van der Waals surface area contributed by atoms with Crippen LogP contribution in [-0.4, -0.2) is 38.3 Å². The summed E-state index contributed by atoms with van der Waals surface area (Å²) in [7, 11) is 0. The Balaban J connectivity index is 2.22. The molecule has 2 unspecified atom stereocenters. The molecule has 0 aromatic heterocycles. The van der Waals surface area contributed by atoms with Gasteiger partial charge >= 0.3 is 0 Å². The van der Waals surface area contributed by atoms with Crippen molar-refractivity contribution in [3.8, 4) is 0 Å². The molecule has 1 aliphatic heterocycles. The van der Waals surface area contributed by atoms with Crippen molar-refractivity contribution in [1.82, 2.24) is 10.6 Å². The molecule has 0 saturated carbocycles. The summed E-state index contributed by atoms with van der Waals surface area (Å²) in [6.07, 6.45) is 3.31. The third-order valence-corrected chi connectivity index (χ3v) is 3.33. The van der Waals surface area contributed by atoms with Gasteiger partial charge in [-0.2, -0.15) is 0 Å². The quantitative estimate of drug-likeness (QED) is 0.648. The first kappa shape index (κ1) is 15.4. The summed E-state index contributed by atoms with van der Waals surface area (Å²) in [5.41, 5.74) is 0. The molecule has 0 radical (unpaired) electrons. The van der Waals surface area contributed by atoms with Crippen LogP contribution >= 0.6 is 0 Å². The van der Waals surface area contributed by atoms with E-state index in [1.165, 1.54) is 6.42 Å². The molecule has 1 fully saturated rings. The van der Waals surface area contributed by atoms with Gasteiger partial charge in [-0.3, -0.25) is 4.79 Å². The molecule has 1 saturated heterocycles. The predicted octanol–water partition coefficient (Wildman–Crippen LogP) is 1.55. The maximum absolute atomic E-state index is 12.0. The van der Waals surface area contributed by atoms with Crippen LogP contribution in [0, 0.1) is 11.8 Å². The number of hydrogen-bond donors (Lipinski definition) is 2. The van der Waals surface area contributed by atoms with Gasteiger partial charge in [0.15, 0.2) is 0 Å². The Hall–Kier alpha value is -0.610. The minimum atomic E-state index is -0.0180. The maximum atomic E-state index is 12.0. The second-order valence-corrected chi connectivity index (χ2v) is 5.53. The number of amides is 1. The first-order valence-corrected chi connectivity index (χ1v) is 7.24. The van der Waals surface area contributed by atoms with Crippen molar-refractivity contribution < 1.29 is 9.53 Å². The molecule has 4 heteroatoms. The smallest absolute Gasteiger partial charge is 0.227 e. The minimum Gasteiger partial charge on any atom is -0.379 e. The number of nitrogens with one attached hydrogen (secondary N) is 2. The normalized spacial score (nSPS) is 23.6. The number of ether oxygens (including phenoxy) is 1. The van der Waals surface area contributed by atoms with E-state index in [1.807, 2.05) is 0 Å². The molecule has 2 atom stereocenters. The molecule has 0 aliphatic carbocycles. The molecule has 1 aliphatic rings. The fraction of sp³-hybridized carbons (Fsp3) is 0.929. The monoisotopic (exact) mass is 256 g/mol. The average molecular weight is 256 g/mol. The lowest BCUT2D eigenvalue weighted by molar-refractivity contribution is -0.125. The zero-order valence-corrected chi connectivity index (χ0v) is 12.0. The Labute approximate surface area is 111 Å². The number of carbonyl (C=O) groups is 1. The lowest BCUT2D eigenvalue weighted by Crippen LogP contribution is -2.44. The molecule has 4 nitrogen and oxygen atoms in total. The number of hydrogen-bond acceptors (Lipinski definition) is 3. The maximum Gasteiger partial charge on any atom is 0.227 e. The Morgan fingerprint density at radius 3 is 2.78 bits per heavy atom. The second kappa shape index (κ2) is 8.48. The third kappa shape index (κ3) is 5.36. The Morgan fingerprint density at radius 1 is 1.33 bits per heavy atom. The largest absolute Gasteiger partial charge is 0.379 e. The highest BCUT2D eigenvalue weighted by Crippen LogP contribution is 2.14. The van der Waals surface area contributed by atoms with E-state index in [9.17, 15) is 4.79 Å². The van der Waals surface area contributed by atoms with Gasteiger partial charge in [-0.05, 0) is 31.7 Å². The Kier molecular flexibility index (Phi) is 7.28. The molecule has 0 aromatic rings. The molecule has 1 heterocycles. The molecule has 1 amide bonds. The van der Waals surface area contributed by atoms with Crippen molar-refractivity contribution in [2.45, 2.75) is 46.1 Å². The molecule has 106 valence electrons. The van der Waals surface area contributed by atoms with Crippen LogP contribution < -0.4 is 10.6 Å². The van der Waals surface area contributed by atoms with E-state index in [1.54, 1.807) is 0 Å². The number of rotatable bonds is 8. The highest BCUT2D eigenvalue weighted by Gasteiger charge is 2.33. The van der Waals surface area contributed by atoms with Gasteiger partial charge in [0.05, 0.1) is 19.1 Å². The van der Waals surface area contributed by atoms with Crippen molar-refractivity contribution in [2.24, 2.45) is 11.8 Å². The van der Waals surface area contributed by atoms with Crippen LogP contribution in [0.15, 0.2) is 0 Å². The zero-order valence-electron chi connectivity index (χ0n) is 12.0. The standard InChI is InChI=1S/C14H28N2O2/c1-4-7-15-13-10-18-9-12(13)14(17)16-8-5-6-11(2)3/h11-13,15H,4-10H2,1-3H3,(H,16,17). The highest BCUT2D eigenvalue weighted by atomic mass is 16.5. The summed E-state index contributed by atoms with van der Waals surface area (Å²) in [6.45, 7) is 9.49. The first-order chi connectivity index (χ1) is 8.65. The van der Waals surface area contributed by atoms with Crippen LogP contribution in [0.3, 0.4) is 0 Å². The van der Waals surface area contributed by atoms with Crippen molar-refractivity contribution in [1.29, 1.82) is 0 Å². The molecular weight excluding hydrogens is 228 g/mol. The van der Waals surface area contributed by atoms with Crippen LogP contribution in [-0.2, 0) is 9.53 Å². The molecular formula is C14H28N2O2. The zero-order chi connectivity index (χ0) is 13.4. The van der Waals surface area contributed by atoms with E-state index in [0.717, 1.165) is 25.9 Å². The van der Waals surface area contributed by atoms with E-state index >= 15 is 0 Å². The lowest BCUT2D eigenvalue weighted by Gasteiger charge is -2.18. The van der Waals surface area contributed by atoms with Crippen molar-refractivity contribution in [3.63, 3.8) is 0 Å². The minimum absolute atomic E-state index is 0.0180. The summed E-state index contributed by atoms with van der Waals surface area (Å²) in [6, 6.07) is 0.190. The van der Waals surface area contributed by atoms with Crippen LogP contribution in [0.2, 0.25) is 0 Å². The van der Waals surface area contributed by atoms with Crippen molar-refractivity contribution in [3.05, 3.63) is 0 Å². The molecule has 0 spiro atoms. The van der Waals surface area contributed by atoms with Crippen molar-refractivity contribution in [2.75, 3.05) is 26.3 Å². The summed E-state index contributed by atoms with van der Waals surface area (Å²) >= 11 is 0. The third-order valence-electron chi connectivity index (χ3n) is 3.33. The summed E-state index contributed by atoms with van der Waals surface area (Å²) in [5.74, 6) is 0.830. The number of carbonyl (C=O) groups excluding carboxylic acids is 1. The first-order valence-electron chi connectivity index (χ1n) is 7.24. The van der Waals surface area contributed by atoms with Crippen LogP contribution in [0.1, 0.15) is 40.0 Å². The highest BCUT2D eigenvalue weighted by molar-refractivity contribution is 5.79. The van der Waals surface area contributed by atoms with Crippen LogP contribution in [0.5, 0.6) is 0 Å². The Morgan fingerprint density at radius 2 is 2.11 bits per heavy atom. The van der Waals surface area contributed by atoms with E-state index in [0.29, 0.717) is 19.1 Å². The molecule has 18 heavy (non-hydrogen) atoms. The fourth-order valence-corrected chi connectivity index (χ4v) is 2.20. The lowest BCUT2D eigenvalue weighted by atomic mass is 10.0. The molecule has 0 aromatic carbocycles. The van der Waals surface area contributed by atoms with Gasteiger partial charge in [0, 0.05) is 12.6 Å².